The van der Waals surface area contributed by atoms with E-state index in [1.54, 1.807) is 6.92 Å². The first kappa shape index (κ1) is 16.2. The van der Waals surface area contributed by atoms with Gasteiger partial charge in [-0.05, 0) is 13.0 Å². The fraction of sp³-hybridized carbons (Fsp3) is 0.500. The molecule has 112 valence electrons. The first-order chi connectivity index (χ1) is 9.24. The quantitative estimate of drug-likeness (QED) is 0.849. The van der Waals surface area contributed by atoms with E-state index in [-0.39, 0.29) is 11.4 Å². The van der Waals surface area contributed by atoms with Crippen molar-refractivity contribution in [2.75, 3.05) is 25.5 Å². The van der Waals surface area contributed by atoms with Gasteiger partial charge < -0.3 is 10.2 Å². The van der Waals surface area contributed by atoms with Gasteiger partial charge in [0.05, 0.1) is 18.2 Å². The predicted octanol–water partition coefficient (Wildman–Crippen LogP) is 2.68. The molecule has 0 aliphatic carbocycles. The van der Waals surface area contributed by atoms with Gasteiger partial charge in [-0.3, -0.25) is 4.79 Å². The van der Waals surface area contributed by atoms with Crippen LogP contribution in [0.25, 0.3) is 0 Å². The first-order valence-corrected chi connectivity index (χ1v) is 5.96. The summed E-state index contributed by atoms with van der Waals surface area (Å²) in [4.78, 5) is 16.6. The van der Waals surface area contributed by atoms with Crippen molar-refractivity contribution in [1.29, 1.82) is 0 Å². The lowest BCUT2D eigenvalue weighted by Gasteiger charge is -2.19. The maximum Gasteiger partial charge on any atom is 0.390 e. The normalized spacial score (nSPS) is 11.3. The van der Waals surface area contributed by atoms with Crippen molar-refractivity contribution in [3.63, 3.8) is 0 Å². The molecule has 1 aromatic heterocycles. The second-order valence-corrected chi connectivity index (χ2v) is 4.17. The molecule has 0 aromatic carbocycles. The highest BCUT2D eigenvalue weighted by atomic mass is 19.4. The number of nitrogens with zero attached hydrogens (tertiary/aromatic N) is 2. The molecule has 0 fully saturated rings. The van der Waals surface area contributed by atoms with E-state index in [9.17, 15) is 22.4 Å². The standard InChI is InChI=1S/C12H15F4N3O/c1-3-17-10-9(6-8(13)7-18-10)11(20)19(2)5-4-12(14,15)16/h6-7H,3-5H2,1-2H3,(H,17,18). The van der Waals surface area contributed by atoms with Gasteiger partial charge in [0.25, 0.3) is 5.91 Å². The zero-order valence-electron chi connectivity index (χ0n) is 11.1. The smallest absolute Gasteiger partial charge is 0.370 e. The molecule has 0 spiro atoms. The number of hydrogen-bond acceptors (Lipinski definition) is 3. The molecule has 0 saturated carbocycles. The van der Waals surface area contributed by atoms with Crippen LogP contribution in [-0.2, 0) is 0 Å². The van der Waals surface area contributed by atoms with Gasteiger partial charge in [-0.15, -0.1) is 0 Å². The van der Waals surface area contributed by atoms with Crippen molar-refractivity contribution in [3.8, 4) is 0 Å². The summed E-state index contributed by atoms with van der Waals surface area (Å²) in [5, 5.41) is 2.76. The summed E-state index contributed by atoms with van der Waals surface area (Å²) >= 11 is 0. The Labute approximate surface area is 113 Å². The topological polar surface area (TPSA) is 45.2 Å². The number of hydrogen-bond donors (Lipinski definition) is 1. The van der Waals surface area contributed by atoms with Crippen molar-refractivity contribution in [3.05, 3.63) is 23.6 Å². The molecular weight excluding hydrogens is 278 g/mol. The zero-order valence-corrected chi connectivity index (χ0v) is 11.1. The Balaban J connectivity index is 2.87. The number of halogens is 4. The lowest BCUT2D eigenvalue weighted by atomic mass is 10.2. The molecule has 0 saturated heterocycles. The van der Waals surface area contributed by atoms with Gasteiger partial charge in [0.2, 0.25) is 0 Å². The number of nitrogens with one attached hydrogen (secondary N) is 1. The molecule has 20 heavy (non-hydrogen) atoms. The van der Waals surface area contributed by atoms with Gasteiger partial charge in [-0.2, -0.15) is 13.2 Å². The van der Waals surface area contributed by atoms with E-state index in [4.69, 9.17) is 0 Å². The highest BCUT2D eigenvalue weighted by Gasteiger charge is 2.28. The summed E-state index contributed by atoms with van der Waals surface area (Å²) in [5.41, 5.74) is -0.0866. The number of pyridine rings is 1. The van der Waals surface area contributed by atoms with Crippen molar-refractivity contribution < 1.29 is 22.4 Å². The number of rotatable bonds is 5. The molecule has 1 amide bonds. The van der Waals surface area contributed by atoms with Gasteiger partial charge in [-0.1, -0.05) is 0 Å². The van der Waals surface area contributed by atoms with Gasteiger partial charge >= 0.3 is 6.18 Å². The zero-order chi connectivity index (χ0) is 15.3. The van der Waals surface area contributed by atoms with Gasteiger partial charge in [0.1, 0.15) is 11.6 Å². The summed E-state index contributed by atoms with van der Waals surface area (Å²) < 4.78 is 49.5. The van der Waals surface area contributed by atoms with E-state index in [0.717, 1.165) is 17.2 Å². The summed E-state index contributed by atoms with van der Waals surface area (Å²) in [6.45, 7) is 1.71. The van der Waals surface area contributed by atoms with E-state index < -0.39 is 30.9 Å². The molecule has 0 bridgehead atoms. The molecule has 1 rings (SSSR count). The lowest BCUT2D eigenvalue weighted by Crippen LogP contribution is -2.31. The third-order valence-corrected chi connectivity index (χ3v) is 2.51. The van der Waals surface area contributed by atoms with Crippen LogP contribution < -0.4 is 5.32 Å². The number of aromatic nitrogens is 1. The summed E-state index contributed by atoms with van der Waals surface area (Å²) in [6.07, 6.45) is -4.53. The summed E-state index contributed by atoms with van der Waals surface area (Å²) in [5.74, 6) is -1.28. The fourth-order valence-corrected chi connectivity index (χ4v) is 1.51. The van der Waals surface area contributed by atoms with Crippen LogP contribution in [0.3, 0.4) is 0 Å². The van der Waals surface area contributed by atoms with E-state index in [2.05, 4.69) is 10.3 Å². The average Bonchev–Trinajstić information content (AvgIpc) is 2.36. The van der Waals surface area contributed by atoms with Crippen molar-refractivity contribution >= 4 is 11.7 Å². The second kappa shape index (κ2) is 6.53. The minimum Gasteiger partial charge on any atom is -0.370 e. The molecule has 0 unspecified atom stereocenters. The number of carbonyl (C=O) groups excluding carboxylic acids is 1. The largest absolute Gasteiger partial charge is 0.390 e. The molecule has 0 radical (unpaired) electrons. The lowest BCUT2D eigenvalue weighted by molar-refractivity contribution is -0.136. The van der Waals surface area contributed by atoms with Gasteiger partial charge in [0.15, 0.2) is 0 Å². The minimum absolute atomic E-state index is 0.0866. The Morgan fingerprint density at radius 1 is 1.45 bits per heavy atom. The Bertz CT molecular complexity index is 476. The van der Waals surface area contributed by atoms with E-state index in [1.165, 1.54) is 7.05 Å². The summed E-state index contributed by atoms with van der Waals surface area (Å²) in [6, 6.07) is 0.956. The van der Waals surface area contributed by atoms with E-state index in [0.29, 0.717) is 6.54 Å². The van der Waals surface area contributed by atoms with Crippen LogP contribution in [0.15, 0.2) is 12.3 Å². The first-order valence-electron chi connectivity index (χ1n) is 5.96. The number of carbonyl (C=O) groups is 1. The highest BCUT2D eigenvalue weighted by Crippen LogP contribution is 2.21. The van der Waals surface area contributed by atoms with Crippen LogP contribution in [0.5, 0.6) is 0 Å². The minimum atomic E-state index is -4.35. The molecule has 0 atom stereocenters. The molecule has 1 aromatic rings. The van der Waals surface area contributed by atoms with Crippen LogP contribution in [0.4, 0.5) is 23.4 Å². The van der Waals surface area contributed by atoms with Crippen molar-refractivity contribution in [1.82, 2.24) is 9.88 Å². The van der Waals surface area contributed by atoms with Crippen LogP contribution in [0.2, 0.25) is 0 Å². The van der Waals surface area contributed by atoms with Crippen molar-refractivity contribution in [2.24, 2.45) is 0 Å². The average molecular weight is 293 g/mol. The molecular formula is C12H15F4N3O. The number of alkyl halides is 3. The molecule has 1 N–H and O–H groups in total. The third-order valence-electron chi connectivity index (χ3n) is 2.51. The SMILES string of the molecule is CCNc1ncc(F)cc1C(=O)N(C)CCC(F)(F)F. The molecule has 0 aliphatic heterocycles. The Hall–Kier alpha value is -1.86. The number of amides is 1. The molecule has 4 nitrogen and oxygen atoms in total. The predicted molar refractivity (Wildman–Crippen MR) is 66.0 cm³/mol. The monoisotopic (exact) mass is 293 g/mol. The van der Waals surface area contributed by atoms with E-state index in [1.807, 2.05) is 0 Å². The highest BCUT2D eigenvalue weighted by molar-refractivity contribution is 5.98. The second-order valence-electron chi connectivity index (χ2n) is 4.17. The van der Waals surface area contributed by atoms with Crippen LogP contribution in [-0.4, -0.2) is 42.1 Å². The molecule has 8 heteroatoms. The fourth-order valence-electron chi connectivity index (χ4n) is 1.51. The number of anilines is 1. The Kier molecular flexibility index (Phi) is 5.29. The van der Waals surface area contributed by atoms with Gasteiger partial charge in [0, 0.05) is 20.1 Å². The molecule has 1 heterocycles. The summed E-state index contributed by atoms with van der Waals surface area (Å²) in [7, 11) is 1.23. The van der Waals surface area contributed by atoms with E-state index >= 15 is 0 Å². The van der Waals surface area contributed by atoms with Crippen molar-refractivity contribution in [2.45, 2.75) is 19.5 Å². The van der Waals surface area contributed by atoms with Crippen LogP contribution in [0.1, 0.15) is 23.7 Å². The third kappa shape index (κ3) is 4.67. The maximum absolute atomic E-state index is 13.1. The maximum atomic E-state index is 13.1. The Morgan fingerprint density at radius 2 is 2.10 bits per heavy atom. The van der Waals surface area contributed by atoms with Crippen LogP contribution in [0, 0.1) is 5.82 Å². The van der Waals surface area contributed by atoms with Crippen LogP contribution >= 0.6 is 0 Å². The Morgan fingerprint density at radius 3 is 2.65 bits per heavy atom. The molecule has 0 aliphatic rings. The van der Waals surface area contributed by atoms with Gasteiger partial charge in [-0.25, -0.2) is 9.37 Å².